The van der Waals surface area contributed by atoms with Gasteiger partial charge in [-0.25, -0.2) is 0 Å². The summed E-state index contributed by atoms with van der Waals surface area (Å²) in [7, 11) is 0. The molecule has 0 N–H and O–H groups in total. The molecule has 4 unspecified atom stereocenters. The first-order chi connectivity index (χ1) is 5.77. The molecule has 0 spiro atoms. The molecular weight excluding hydrogens is 144 g/mol. The lowest BCUT2D eigenvalue weighted by Gasteiger charge is -2.21. The zero-order chi connectivity index (χ0) is 8.29. The highest BCUT2D eigenvalue weighted by molar-refractivity contribution is 5.31. The van der Waals surface area contributed by atoms with Gasteiger partial charge < -0.3 is 0 Å². The van der Waals surface area contributed by atoms with Crippen LogP contribution in [0.3, 0.4) is 0 Å². The Hall–Kier alpha value is -0.520. The van der Waals surface area contributed by atoms with E-state index in [1.807, 2.05) is 0 Å². The smallest absolute Gasteiger partial charge is 0.0103 e. The van der Waals surface area contributed by atoms with E-state index in [1.54, 1.807) is 11.1 Å². The zero-order valence-corrected chi connectivity index (χ0v) is 7.88. The van der Waals surface area contributed by atoms with Gasteiger partial charge in [0.05, 0.1) is 0 Å². The molecule has 0 aromatic carbocycles. The summed E-state index contributed by atoms with van der Waals surface area (Å²) >= 11 is 0. The van der Waals surface area contributed by atoms with Crippen LogP contribution < -0.4 is 0 Å². The summed E-state index contributed by atoms with van der Waals surface area (Å²) in [5, 5.41) is 0. The number of allylic oxidation sites excluding steroid dienone is 4. The van der Waals surface area contributed by atoms with Crippen LogP contribution in [-0.2, 0) is 0 Å². The van der Waals surface area contributed by atoms with E-state index in [-0.39, 0.29) is 0 Å². The fourth-order valence-corrected chi connectivity index (χ4v) is 3.64. The SMILES string of the molecule is CC1=C(C)C2C3C=CC(C3)C2C1. The summed E-state index contributed by atoms with van der Waals surface area (Å²) in [6, 6.07) is 0. The second-order valence-corrected chi connectivity index (χ2v) is 4.81. The molecule has 0 aromatic rings. The summed E-state index contributed by atoms with van der Waals surface area (Å²) in [5.41, 5.74) is 3.40. The highest BCUT2D eigenvalue weighted by atomic mass is 14.5. The molecule has 3 aliphatic rings. The topological polar surface area (TPSA) is 0 Å². The molecule has 0 nitrogen and oxygen atoms in total. The molecule has 0 amide bonds. The van der Waals surface area contributed by atoms with E-state index >= 15 is 0 Å². The van der Waals surface area contributed by atoms with Crippen molar-refractivity contribution in [2.45, 2.75) is 26.7 Å². The molecule has 0 radical (unpaired) electrons. The third kappa shape index (κ3) is 0.646. The van der Waals surface area contributed by atoms with Crippen LogP contribution in [0.25, 0.3) is 0 Å². The first-order valence-corrected chi connectivity index (χ1v) is 5.12. The molecule has 1 fully saturated rings. The molecule has 0 heteroatoms. The molecule has 12 heavy (non-hydrogen) atoms. The van der Waals surface area contributed by atoms with Crippen LogP contribution >= 0.6 is 0 Å². The van der Waals surface area contributed by atoms with Gasteiger partial charge in [0.25, 0.3) is 0 Å². The van der Waals surface area contributed by atoms with Crippen LogP contribution in [0.15, 0.2) is 23.3 Å². The van der Waals surface area contributed by atoms with Gasteiger partial charge in [-0.15, -0.1) is 0 Å². The fourth-order valence-electron chi connectivity index (χ4n) is 3.64. The molecule has 2 bridgehead atoms. The standard InChI is InChI=1S/C12H16/c1-7-5-11-9-3-4-10(6-9)12(11)8(7)2/h3-4,9-12H,5-6H2,1-2H3. The van der Waals surface area contributed by atoms with E-state index in [0.29, 0.717) is 0 Å². The number of rotatable bonds is 0. The Morgan fingerprint density at radius 1 is 1.17 bits per heavy atom. The minimum Gasteiger partial charge on any atom is -0.0848 e. The lowest BCUT2D eigenvalue weighted by Crippen LogP contribution is -2.15. The minimum absolute atomic E-state index is 0.914. The maximum absolute atomic E-state index is 2.47. The van der Waals surface area contributed by atoms with Crippen LogP contribution in [0.1, 0.15) is 26.7 Å². The normalized spacial score (nSPS) is 49.2. The van der Waals surface area contributed by atoms with Gasteiger partial charge in [0.2, 0.25) is 0 Å². The Morgan fingerprint density at radius 2 is 1.92 bits per heavy atom. The summed E-state index contributed by atoms with van der Waals surface area (Å²) < 4.78 is 0. The minimum atomic E-state index is 0.914. The lowest BCUT2D eigenvalue weighted by atomic mass is 9.83. The van der Waals surface area contributed by atoms with Crippen molar-refractivity contribution < 1.29 is 0 Å². The lowest BCUT2D eigenvalue weighted by molar-refractivity contribution is 0.384. The maximum Gasteiger partial charge on any atom is -0.0103 e. The van der Waals surface area contributed by atoms with Crippen molar-refractivity contribution in [3.8, 4) is 0 Å². The average Bonchev–Trinajstić information content (AvgIpc) is 2.66. The molecule has 0 saturated heterocycles. The van der Waals surface area contributed by atoms with Crippen LogP contribution in [0.4, 0.5) is 0 Å². The molecule has 3 aliphatic carbocycles. The van der Waals surface area contributed by atoms with Gasteiger partial charge >= 0.3 is 0 Å². The molecule has 0 aliphatic heterocycles. The Balaban J connectivity index is 2.03. The predicted molar refractivity (Wildman–Crippen MR) is 50.7 cm³/mol. The van der Waals surface area contributed by atoms with Gasteiger partial charge in [0.1, 0.15) is 0 Å². The second kappa shape index (κ2) is 2.04. The Labute approximate surface area is 74.4 Å². The van der Waals surface area contributed by atoms with E-state index in [1.165, 1.54) is 12.8 Å². The molecule has 0 heterocycles. The van der Waals surface area contributed by atoms with E-state index in [2.05, 4.69) is 26.0 Å². The van der Waals surface area contributed by atoms with Crippen LogP contribution in [0.2, 0.25) is 0 Å². The van der Waals surface area contributed by atoms with Crippen LogP contribution in [-0.4, -0.2) is 0 Å². The van der Waals surface area contributed by atoms with Crippen LogP contribution in [0.5, 0.6) is 0 Å². The van der Waals surface area contributed by atoms with Gasteiger partial charge in [-0.05, 0) is 50.4 Å². The van der Waals surface area contributed by atoms with Crippen molar-refractivity contribution in [2.24, 2.45) is 23.7 Å². The zero-order valence-electron chi connectivity index (χ0n) is 7.88. The third-order valence-electron chi connectivity index (χ3n) is 4.34. The summed E-state index contributed by atoms with van der Waals surface area (Å²) in [5.74, 6) is 3.80. The van der Waals surface area contributed by atoms with Gasteiger partial charge in [-0.3, -0.25) is 0 Å². The summed E-state index contributed by atoms with van der Waals surface area (Å²) in [6.07, 6.45) is 7.79. The van der Waals surface area contributed by atoms with Gasteiger partial charge in [-0.1, -0.05) is 23.3 Å². The molecule has 4 atom stereocenters. The number of hydrogen-bond acceptors (Lipinski definition) is 0. The second-order valence-electron chi connectivity index (χ2n) is 4.81. The van der Waals surface area contributed by atoms with Crippen molar-refractivity contribution in [1.82, 2.24) is 0 Å². The Morgan fingerprint density at radius 3 is 2.67 bits per heavy atom. The van der Waals surface area contributed by atoms with Crippen molar-refractivity contribution in [3.63, 3.8) is 0 Å². The molecule has 0 aromatic heterocycles. The van der Waals surface area contributed by atoms with Crippen molar-refractivity contribution in [3.05, 3.63) is 23.3 Å². The van der Waals surface area contributed by atoms with Gasteiger partial charge in [0.15, 0.2) is 0 Å². The first-order valence-electron chi connectivity index (χ1n) is 5.12. The van der Waals surface area contributed by atoms with E-state index in [0.717, 1.165) is 23.7 Å². The highest BCUT2D eigenvalue weighted by Gasteiger charge is 2.47. The van der Waals surface area contributed by atoms with Crippen molar-refractivity contribution >= 4 is 0 Å². The third-order valence-corrected chi connectivity index (χ3v) is 4.34. The van der Waals surface area contributed by atoms with Gasteiger partial charge in [0, 0.05) is 0 Å². The van der Waals surface area contributed by atoms with Gasteiger partial charge in [-0.2, -0.15) is 0 Å². The Bertz CT molecular complexity index is 282. The summed E-state index contributed by atoms with van der Waals surface area (Å²) in [6.45, 7) is 4.68. The quantitative estimate of drug-likeness (QED) is 0.477. The largest absolute Gasteiger partial charge is 0.0848 e. The predicted octanol–water partition coefficient (Wildman–Crippen LogP) is 3.16. The Kier molecular flexibility index (Phi) is 1.18. The van der Waals surface area contributed by atoms with Crippen LogP contribution in [0, 0.1) is 23.7 Å². The number of hydrogen-bond donors (Lipinski definition) is 0. The van der Waals surface area contributed by atoms with E-state index in [9.17, 15) is 0 Å². The maximum atomic E-state index is 2.47. The molecule has 3 rings (SSSR count). The first kappa shape index (κ1) is 6.94. The molecular formula is C12H16. The van der Waals surface area contributed by atoms with E-state index < -0.39 is 0 Å². The number of fused-ring (bicyclic) bond motifs is 5. The monoisotopic (exact) mass is 160 g/mol. The molecule has 64 valence electrons. The van der Waals surface area contributed by atoms with Crippen molar-refractivity contribution in [1.29, 1.82) is 0 Å². The molecule has 1 saturated carbocycles. The van der Waals surface area contributed by atoms with E-state index in [4.69, 9.17) is 0 Å². The summed E-state index contributed by atoms with van der Waals surface area (Å²) in [4.78, 5) is 0. The van der Waals surface area contributed by atoms with Crippen molar-refractivity contribution in [2.75, 3.05) is 0 Å². The highest BCUT2D eigenvalue weighted by Crippen LogP contribution is 2.57. The fraction of sp³-hybridized carbons (Fsp3) is 0.667. The average molecular weight is 160 g/mol.